The van der Waals surface area contributed by atoms with Crippen LogP contribution in [-0.2, 0) is 14.4 Å². The van der Waals surface area contributed by atoms with Gasteiger partial charge < -0.3 is 0 Å². The molecule has 4 rings (SSSR count). The molecule has 4 nitrogen and oxygen atoms in total. The van der Waals surface area contributed by atoms with Gasteiger partial charge in [0.25, 0.3) is 0 Å². The topological polar surface area (TPSA) is 63.6 Å². The van der Waals surface area contributed by atoms with Gasteiger partial charge in [0.15, 0.2) is 0 Å². The minimum absolute atomic E-state index is 0.195. The van der Waals surface area contributed by atoms with Crippen molar-refractivity contribution >= 4 is 33.1 Å². The van der Waals surface area contributed by atoms with E-state index in [-0.39, 0.29) is 11.6 Å². The molecule has 44 heavy (non-hydrogen) atoms. The second kappa shape index (κ2) is 13.7. The molecule has 0 radical (unpaired) electrons. The summed E-state index contributed by atoms with van der Waals surface area (Å²) in [6.45, 7) is 6.69. The van der Waals surface area contributed by atoms with Crippen LogP contribution in [0.1, 0.15) is 53.9 Å². The van der Waals surface area contributed by atoms with Gasteiger partial charge in [-0.05, 0) is 6.42 Å². The summed E-state index contributed by atoms with van der Waals surface area (Å²) in [6, 6.07) is 28.3. The van der Waals surface area contributed by atoms with Crippen LogP contribution in [0.3, 0.4) is 0 Å². The molecule has 1 aliphatic rings. The smallest absolute Gasteiger partial charge is 0.0487 e. The van der Waals surface area contributed by atoms with Crippen LogP contribution in [0.5, 0.6) is 0 Å². The van der Waals surface area contributed by atoms with Crippen LogP contribution in [-0.4, -0.2) is 19.1 Å². The van der Waals surface area contributed by atoms with E-state index in [9.17, 15) is 13.0 Å². The van der Waals surface area contributed by atoms with Crippen molar-refractivity contribution in [1.82, 2.24) is 0 Å². The predicted octanol–water partition coefficient (Wildman–Crippen LogP) is 8.78. The van der Waals surface area contributed by atoms with Crippen molar-refractivity contribution in [1.29, 1.82) is 0 Å². The standard InChI is InChI=1S/C38H45O4PS/c1-31(26-27-37-33(3)19-16-29-38(37,4)5)17-15-18-32(2)28-30-43(42-44(39,40)41,34-20-9-6-10-21-34,35-22-11-7-12-23-35)36-24-13-8-14-25-36/h6-15,17-18,20-28H,16,19,29-30H2,1-5H3,(H,39,40,41)/b18-15+,27-26+,31-17+,32-28+. The van der Waals surface area contributed by atoms with Crippen LogP contribution < -0.4 is 15.9 Å². The molecule has 0 atom stereocenters. The second-order valence-electron chi connectivity index (χ2n) is 12.4. The van der Waals surface area contributed by atoms with E-state index in [1.54, 1.807) is 0 Å². The Balaban J connectivity index is 1.79. The Morgan fingerprint density at radius 2 is 1.34 bits per heavy atom. The fourth-order valence-corrected chi connectivity index (χ4v) is 13.9. The molecule has 6 heteroatoms. The molecule has 0 spiro atoms. The van der Waals surface area contributed by atoms with Gasteiger partial charge in [0, 0.05) is 0 Å². The van der Waals surface area contributed by atoms with Gasteiger partial charge in [-0.1, -0.05) is 0 Å². The monoisotopic (exact) mass is 628 g/mol. The zero-order valence-corrected chi connectivity index (χ0v) is 28.2. The zero-order chi connectivity index (χ0) is 31.9. The molecule has 0 heterocycles. The average Bonchev–Trinajstić information content (AvgIpc) is 2.99. The number of hydrogen-bond acceptors (Lipinski definition) is 3. The van der Waals surface area contributed by atoms with Crippen LogP contribution in [0.25, 0.3) is 0 Å². The minimum Gasteiger partial charge on any atom is -0.0487 e. The molecule has 3 aromatic rings. The maximum absolute atomic E-state index is 12.8. The van der Waals surface area contributed by atoms with Crippen LogP contribution in [0, 0.1) is 5.41 Å². The molecule has 1 N–H and O–H groups in total. The third-order valence-corrected chi connectivity index (χ3v) is 15.8. The SMILES string of the molecule is CC1=C(/C=C/C(C)=C/C=C/C(C)=C/CP(OS(=O)(=O)O)(c2ccccc2)(c2ccccc2)c2ccccc2)C(C)(C)CCC1. The Labute approximate surface area is 264 Å². The number of benzene rings is 3. The van der Waals surface area contributed by atoms with E-state index in [2.05, 4.69) is 45.9 Å². The molecule has 3 aromatic carbocycles. The molecule has 0 aromatic heterocycles. The Kier molecular flexibility index (Phi) is 10.5. The van der Waals surface area contributed by atoms with E-state index in [4.69, 9.17) is 3.97 Å². The molecule has 0 unspecified atom stereocenters. The first kappa shape index (κ1) is 33.6. The summed E-state index contributed by atoms with van der Waals surface area (Å²) >= 11 is 0. The van der Waals surface area contributed by atoms with E-state index in [0.717, 1.165) is 17.6 Å². The van der Waals surface area contributed by atoms with Crippen LogP contribution in [0.2, 0.25) is 0 Å². The van der Waals surface area contributed by atoms with Crippen molar-refractivity contribution in [3.05, 3.63) is 150 Å². The van der Waals surface area contributed by atoms with Crippen molar-refractivity contribution in [3.8, 4) is 0 Å². The normalized spacial score (nSPS) is 17.6. The summed E-state index contributed by atoms with van der Waals surface area (Å²) in [4.78, 5) is 0. The van der Waals surface area contributed by atoms with Crippen molar-refractivity contribution in [3.63, 3.8) is 0 Å². The van der Waals surface area contributed by atoms with Crippen molar-refractivity contribution < 1.29 is 16.9 Å². The van der Waals surface area contributed by atoms with E-state index in [1.165, 1.54) is 24.0 Å². The Hall–Kier alpha value is -3.34. The number of allylic oxidation sites excluding steroid dienone is 10. The van der Waals surface area contributed by atoms with Gasteiger partial charge in [0.2, 0.25) is 0 Å². The summed E-state index contributed by atoms with van der Waals surface area (Å²) in [5.74, 6) is 0. The van der Waals surface area contributed by atoms with Crippen molar-refractivity contribution in [2.45, 2.75) is 53.9 Å². The van der Waals surface area contributed by atoms with Gasteiger partial charge in [0.05, 0.1) is 0 Å². The number of rotatable bonds is 11. The van der Waals surface area contributed by atoms with Crippen LogP contribution in [0.4, 0.5) is 0 Å². The molecule has 232 valence electrons. The van der Waals surface area contributed by atoms with Gasteiger partial charge in [-0.25, -0.2) is 0 Å². The average molecular weight is 629 g/mol. The molecule has 0 bridgehead atoms. The summed E-state index contributed by atoms with van der Waals surface area (Å²) in [5.41, 5.74) is 5.19. The predicted molar refractivity (Wildman–Crippen MR) is 189 cm³/mol. The summed E-state index contributed by atoms with van der Waals surface area (Å²) < 4.78 is 42.2. The third-order valence-electron chi connectivity index (χ3n) is 8.70. The molecule has 0 fully saturated rings. The van der Waals surface area contributed by atoms with E-state index in [0.29, 0.717) is 15.9 Å². The fourth-order valence-electron chi connectivity index (χ4n) is 6.38. The summed E-state index contributed by atoms with van der Waals surface area (Å²) in [5, 5.41) is 2.12. The van der Waals surface area contributed by atoms with Gasteiger partial charge in [-0.15, -0.1) is 0 Å². The maximum atomic E-state index is 12.8. The first-order chi connectivity index (χ1) is 20.9. The number of hydrogen-bond donors (Lipinski definition) is 1. The zero-order valence-electron chi connectivity index (χ0n) is 26.5. The molecule has 0 amide bonds. The van der Waals surface area contributed by atoms with Gasteiger partial charge in [-0.2, -0.15) is 0 Å². The van der Waals surface area contributed by atoms with E-state index >= 15 is 0 Å². The molecule has 0 saturated heterocycles. The van der Waals surface area contributed by atoms with Gasteiger partial charge in [-0.3, -0.25) is 0 Å². The van der Waals surface area contributed by atoms with Crippen LogP contribution >= 0.6 is 6.83 Å². The fraction of sp³-hybridized carbons (Fsp3) is 0.263. The quantitative estimate of drug-likeness (QED) is 0.131. The van der Waals surface area contributed by atoms with Gasteiger partial charge in [0.1, 0.15) is 0 Å². The minimum atomic E-state index is -4.90. The second-order valence-corrected chi connectivity index (χ2v) is 18.2. The third kappa shape index (κ3) is 7.30. The molecule has 0 aliphatic heterocycles. The van der Waals surface area contributed by atoms with Crippen LogP contribution in [0.15, 0.2) is 150 Å². The first-order valence-electron chi connectivity index (χ1n) is 15.1. The Morgan fingerprint density at radius 3 is 1.80 bits per heavy atom. The molecular formula is C38H45O4PS. The molecule has 1 aliphatic carbocycles. The summed E-state index contributed by atoms with van der Waals surface area (Å²) in [7, 11) is -4.90. The molecular weight excluding hydrogens is 583 g/mol. The van der Waals surface area contributed by atoms with Crippen molar-refractivity contribution in [2.24, 2.45) is 5.41 Å². The first-order valence-corrected chi connectivity index (χ1v) is 18.8. The Morgan fingerprint density at radius 1 is 0.841 bits per heavy atom. The van der Waals surface area contributed by atoms with Crippen molar-refractivity contribution in [2.75, 3.05) is 6.16 Å². The molecule has 0 saturated carbocycles. The van der Waals surface area contributed by atoms with E-state index < -0.39 is 17.2 Å². The van der Waals surface area contributed by atoms with Gasteiger partial charge >= 0.3 is 259 Å². The summed E-state index contributed by atoms with van der Waals surface area (Å²) in [6.07, 6.45) is 16.4. The Bertz CT molecular complexity index is 1600. The van der Waals surface area contributed by atoms with E-state index in [1.807, 2.05) is 116 Å².